The molecule has 0 unspecified atom stereocenters. The molecule has 0 saturated heterocycles. The number of halogens is 2. The van der Waals surface area contributed by atoms with Gasteiger partial charge < -0.3 is 9.47 Å². The van der Waals surface area contributed by atoms with Gasteiger partial charge in [-0.25, -0.2) is 10.1 Å². The summed E-state index contributed by atoms with van der Waals surface area (Å²) in [5.74, 6) is -0.631. The Balaban J connectivity index is 1.83. The number of nitrogens with zero attached hydrogens (tertiary/aromatic N) is 3. The number of aryl methyl sites for hydroxylation is 1. The third-order valence-electron chi connectivity index (χ3n) is 4.17. The first-order valence-corrected chi connectivity index (χ1v) is 8.90. The minimum Gasteiger partial charge on any atom is -0.493 e. The molecule has 2 aromatic carbocycles. The molecule has 0 radical (unpaired) electrons. The van der Waals surface area contributed by atoms with E-state index in [4.69, 9.17) is 4.74 Å². The number of aromatic nitrogens is 2. The number of ether oxygens (including phenoxy) is 2. The molecule has 0 aliphatic carbocycles. The van der Waals surface area contributed by atoms with Crippen molar-refractivity contribution in [1.29, 1.82) is 0 Å². The van der Waals surface area contributed by atoms with Crippen molar-refractivity contribution in [3.8, 4) is 11.5 Å². The summed E-state index contributed by atoms with van der Waals surface area (Å²) < 4.78 is 35.4. The van der Waals surface area contributed by atoms with Crippen LogP contribution in [0.15, 0.2) is 52.4 Å². The van der Waals surface area contributed by atoms with E-state index in [0.717, 1.165) is 0 Å². The number of alkyl halides is 2. The number of nitrogens with one attached hydrogen (secondary N) is 1. The van der Waals surface area contributed by atoms with E-state index in [9.17, 15) is 18.4 Å². The van der Waals surface area contributed by atoms with Crippen LogP contribution < -0.4 is 20.5 Å². The summed E-state index contributed by atoms with van der Waals surface area (Å²) in [6.07, 6.45) is 1.31. The van der Waals surface area contributed by atoms with Gasteiger partial charge in [0.25, 0.3) is 11.5 Å². The van der Waals surface area contributed by atoms with Gasteiger partial charge in [-0.05, 0) is 36.8 Å². The van der Waals surface area contributed by atoms with Crippen molar-refractivity contribution in [3.63, 3.8) is 0 Å². The number of amides is 1. The van der Waals surface area contributed by atoms with E-state index in [-0.39, 0.29) is 22.8 Å². The Morgan fingerprint density at radius 3 is 2.63 bits per heavy atom. The highest BCUT2D eigenvalue weighted by atomic mass is 19.3. The van der Waals surface area contributed by atoms with Gasteiger partial charge in [-0.2, -0.15) is 19.0 Å². The molecule has 0 saturated carbocycles. The molecule has 0 aliphatic rings. The fraction of sp³-hybridized carbons (Fsp3) is 0.200. The summed E-state index contributed by atoms with van der Waals surface area (Å²) in [5.41, 5.74) is 2.60. The monoisotopic (exact) mass is 416 g/mol. The van der Waals surface area contributed by atoms with Gasteiger partial charge in [0.2, 0.25) is 0 Å². The molecule has 156 valence electrons. The summed E-state index contributed by atoms with van der Waals surface area (Å²) >= 11 is 0. The maximum atomic E-state index is 12.6. The SMILES string of the molecule is CCn1nc(C(=O)N/N=C\c2ccc(OC(F)F)c(OC)c2)c2ccccc2c1=O. The lowest BCUT2D eigenvalue weighted by molar-refractivity contribution is -0.0512. The summed E-state index contributed by atoms with van der Waals surface area (Å²) in [5, 5.41) is 8.78. The Kier molecular flexibility index (Phi) is 6.35. The van der Waals surface area contributed by atoms with E-state index >= 15 is 0 Å². The third kappa shape index (κ3) is 4.43. The minimum absolute atomic E-state index is 0.0578. The van der Waals surface area contributed by atoms with E-state index in [1.807, 2.05) is 0 Å². The summed E-state index contributed by atoms with van der Waals surface area (Å²) in [4.78, 5) is 25.0. The molecule has 0 aliphatic heterocycles. The average molecular weight is 416 g/mol. The molecule has 0 atom stereocenters. The third-order valence-corrected chi connectivity index (χ3v) is 4.17. The maximum Gasteiger partial charge on any atom is 0.387 e. The van der Waals surface area contributed by atoms with Gasteiger partial charge in [0.15, 0.2) is 17.2 Å². The number of methoxy groups -OCH3 is 1. The smallest absolute Gasteiger partial charge is 0.387 e. The Labute approximate surface area is 169 Å². The van der Waals surface area contributed by atoms with Gasteiger partial charge in [-0.15, -0.1) is 0 Å². The van der Waals surface area contributed by atoms with Crippen LogP contribution >= 0.6 is 0 Å². The summed E-state index contributed by atoms with van der Waals surface area (Å²) in [7, 11) is 1.32. The van der Waals surface area contributed by atoms with Gasteiger partial charge in [-0.1, -0.05) is 18.2 Å². The molecule has 1 amide bonds. The number of benzene rings is 2. The number of hydrazone groups is 1. The molecule has 30 heavy (non-hydrogen) atoms. The Morgan fingerprint density at radius 1 is 1.23 bits per heavy atom. The highest BCUT2D eigenvalue weighted by Crippen LogP contribution is 2.28. The van der Waals surface area contributed by atoms with Crippen molar-refractivity contribution in [2.75, 3.05) is 7.11 Å². The van der Waals surface area contributed by atoms with Gasteiger partial charge >= 0.3 is 6.61 Å². The van der Waals surface area contributed by atoms with Crippen LogP contribution in [0.25, 0.3) is 10.8 Å². The molecular weight excluding hydrogens is 398 g/mol. The van der Waals surface area contributed by atoms with Crippen LogP contribution in [-0.4, -0.2) is 35.6 Å². The van der Waals surface area contributed by atoms with Crippen molar-refractivity contribution >= 4 is 22.9 Å². The van der Waals surface area contributed by atoms with Gasteiger partial charge in [0.05, 0.1) is 18.7 Å². The number of hydrogen-bond acceptors (Lipinski definition) is 6. The Morgan fingerprint density at radius 2 is 1.97 bits per heavy atom. The minimum atomic E-state index is -2.98. The fourth-order valence-corrected chi connectivity index (χ4v) is 2.79. The zero-order valence-electron chi connectivity index (χ0n) is 16.1. The lowest BCUT2D eigenvalue weighted by atomic mass is 10.1. The fourth-order valence-electron chi connectivity index (χ4n) is 2.79. The van der Waals surface area contributed by atoms with Crippen molar-refractivity contribution in [2.45, 2.75) is 20.1 Å². The maximum absolute atomic E-state index is 12.6. The normalized spacial score (nSPS) is 11.2. The zero-order valence-corrected chi connectivity index (χ0v) is 16.1. The van der Waals surface area contributed by atoms with Gasteiger partial charge in [0, 0.05) is 11.9 Å². The lowest BCUT2D eigenvalue weighted by Crippen LogP contribution is -2.28. The van der Waals surface area contributed by atoms with Crippen molar-refractivity contribution < 1.29 is 23.0 Å². The number of carbonyl (C=O) groups excluding carboxylic acids is 1. The van der Waals surface area contributed by atoms with E-state index < -0.39 is 12.5 Å². The molecule has 8 nitrogen and oxygen atoms in total. The number of carbonyl (C=O) groups is 1. The molecule has 3 rings (SSSR count). The molecule has 3 aromatic rings. The van der Waals surface area contributed by atoms with Crippen LogP contribution in [0.3, 0.4) is 0 Å². The molecule has 10 heteroatoms. The lowest BCUT2D eigenvalue weighted by Gasteiger charge is -2.10. The van der Waals surface area contributed by atoms with Crippen LogP contribution in [-0.2, 0) is 6.54 Å². The molecule has 1 heterocycles. The second-order valence-electron chi connectivity index (χ2n) is 6.00. The van der Waals surface area contributed by atoms with Crippen LogP contribution in [0.1, 0.15) is 23.0 Å². The first-order chi connectivity index (χ1) is 14.4. The standard InChI is InChI=1S/C20H18F2N4O4/c1-3-26-19(28)14-7-5-4-6-13(14)17(25-26)18(27)24-23-11-12-8-9-15(30-20(21)22)16(10-12)29-2/h4-11,20H,3H2,1-2H3,(H,24,27)/b23-11-. The first kappa shape index (κ1) is 20.9. The zero-order chi connectivity index (χ0) is 21.7. The van der Waals surface area contributed by atoms with Crippen LogP contribution in [0.2, 0.25) is 0 Å². The summed E-state index contributed by atoms with van der Waals surface area (Å²) in [6, 6.07) is 10.9. The molecular formula is C20H18F2N4O4. The van der Waals surface area contributed by atoms with Crippen LogP contribution in [0.4, 0.5) is 8.78 Å². The molecule has 0 fully saturated rings. The van der Waals surface area contributed by atoms with E-state index in [2.05, 4.69) is 20.4 Å². The van der Waals surface area contributed by atoms with Gasteiger partial charge in [0.1, 0.15) is 0 Å². The van der Waals surface area contributed by atoms with Crippen LogP contribution in [0, 0.1) is 0 Å². The molecule has 1 aromatic heterocycles. The van der Waals surface area contributed by atoms with Crippen LogP contribution in [0.5, 0.6) is 11.5 Å². The summed E-state index contributed by atoms with van der Waals surface area (Å²) in [6.45, 7) is -0.927. The average Bonchev–Trinajstić information content (AvgIpc) is 2.74. The predicted octanol–water partition coefficient (Wildman–Crippen LogP) is 2.79. The second-order valence-corrected chi connectivity index (χ2v) is 6.00. The predicted molar refractivity (Wildman–Crippen MR) is 106 cm³/mol. The van der Waals surface area contributed by atoms with Gasteiger partial charge in [-0.3, -0.25) is 9.59 Å². The van der Waals surface area contributed by atoms with Crippen molar-refractivity contribution in [2.24, 2.45) is 5.10 Å². The Bertz CT molecular complexity index is 1160. The second kappa shape index (κ2) is 9.12. The number of fused-ring (bicyclic) bond motifs is 1. The van der Waals surface area contributed by atoms with E-state index in [1.165, 1.54) is 36.2 Å². The van der Waals surface area contributed by atoms with Crippen molar-refractivity contribution in [3.05, 3.63) is 64.1 Å². The Hall–Kier alpha value is -3.82. The highest BCUT2D eigenvalue weighted by molar-refractivity contribution is 6.04. The van der Waals surface area contributed by atoms with E-state index in [1.54, 1.807) is 31.2 Å². The highest BCUT2D eigenvalue weighted by Gasteiger charge is 2.16. The quantitative estimate of drug-likeness (QED) is 0.472. The molecule has 1 N–H and O–H groups in total. The van der Waals surface area contributed by atoms with E-state index in [0.29, 0.717) is 22.9 Å². The molecule has 0 bridgehead atoms. The largest absolute Gasteiger partial charge is 0.493 e. The topological polar surface area (TPSA) is 94.8 Å². The van der Waals surface area contributed by atoms with Crippen molar-refractivity contribution in [1.82, 2.24) is 15.2 Å². The molecule has 0 spiro atoms. The number of hydrogen-bond donors (Lipinski definition) is 1. The first-order valence-electron chi connectivity index (χ1n) is 8.90. The number of rotatable bonds is 7.